The van der Waals surface area contributed by atoms with Crippen LogP contribution in [0.1, 0.15) is 72.1 Å². The van der Waals surface area contributed by atoms with Crippen molar-refractivity contribution < 1.29 is 24.4 Å². The first kappa shape index (κ1) is 20.4. The van der Waals surface area contributed by atoms with Crippen LogP contribution in [0.2, 0.25) is 0 Å². The number of hydrogen-bond donors (Lipinski definition) is 1. The molecule has 0 amide bonds. The molecule has 1 spiro atoms. The predicted molar refractivity (Wildman–Crippen MR) is 105 cm³/mol. The second kappa shape index (κ2) is 8.11. The third kappa shape index (κ3) is 3.59. The molecule has 0 aromatic carbocycles. The lowest BCUT2D eigenvalue weighted by atomic mass is 9.58. The Labute approximate surface area is 167 Å². The van der Waals surface area contributed by atoms with Crippen molar-refractivity contribution in [1.29, 1.82) is 0 Å². The van der Waals surface area contributed by atoms with Gasteiger partial charge in [-0.3, -0.25) is 0 Å². The zero-order valence-corrected chi connectivity index (χ0v) is 17.8. The summed E-state index contributed by atoms with van der Waals surface area (Å²) in [7, 11) is 0. The Hall–Kier alpha value is 0.150. The van der Waals surface area contributed by atoms with Gasteiger partial charge in [-0.05, 0) is 62.5 Å². The van der Waals surface area contributed by atoms with Crippen molar-refractivity contribution in [3.8, 4) is 0 Å². The molecule has 0 radical (unpaired) electrons. The molecule has 5 rings (SSSR count). The van der Waals surface area contributed by atoms with E-state index in [9.17, 15) is 0 Å². The average Bonchev–Trinajstić information content (AvgIpc) is 2.88. The Kier molecular flexibility index (Phi) is 6.14. The van der Waals surface area contributed by atoms with Crippen LogP contribution in [0.5, 0.6) is 0 Å². The number of fused-ring (bicyclic) bond motifs is 2. The number of hydrogen-bond acceptors (Lipinski definition) is 6. The van der Waals surface area contributed by atoms with Crippen molar-refractivity contribution in [1.82, 2.24) is 0 Å². The van der Waals surface area contributed by atoms with Gasteiger partial charge in [-0.2, -0.15) is 0 Å². The zero-order chi connectivity index (χ0) is 19.1. The van der Waals surface area contributed by atoms with Gasteiger partial charge in [-0.15, -0.1) is 11.8 Å². The van der Waals surface area contributed by atoms with E-state index in [1.165, 1.54) is 19.3 Å². The van der Waals surface area contributed by atoms with Gasteiger partial charge in [0.15, 0.2) is 11.9 Å². The zero-order valence-electron chi connectivity index (χ0n) is 17.0. The lowest BCUT2D eigenvalue weighted by molar-refractivity contribution is -0.568. The first-order chi connectivity index (χ1) is 13.0. The van der Waals surface area contributed by atoms with Gasteiger partial charge in [0.1, 0.15) is 5.44 Å². The molecule has 2 bridgehead atoms. The molecule has 1 N–H and O–H groups in total. The van der Waals surface area contributed by atoms with Crippen LogP contribution in [0, 0.1) is 23.7 Å². The first-order valence-electron chi connectivity index (χ1n) is 10.9. The number of aliphatic hydroxyl groups is 1. The van der Waals surface area contributed by atoms with Crippen LogP contribution < -0.4 is 0 Å². The summed E-state index contributed by atoms with van der Waals surface area (Å²) in [4.78, 5) is 12.1. The summed E-state index contributed by atoms with van der Waals surface area (Å²) < 4.78 is 13.0. The molecular formula is C21H36O5S. The van der Waals surface area contributed by atoms with Gasteiger partial charge >= 0.3 is 0 Å². The molecule has 5 fully saturated rings. The fourth-order valence-electron chi connectivity index (χ4n) is 5.83. The molecule has 1 saturated carbocycles. The lowest BCUT2D eigenvalue weighted by Gasteiger charge is -2.60. The van der Waals surface area contributed by atoms with Crippen molar-refractivity contribution in [2.75, 3.05) is 12.4 Å². The third-order valence-corrected chi connectivity index (χ3v) is 8.83. The van der Waals surface area contributed by atoms with Crippen molar-refractivity contribution >= 4 is 11.8 Å². The van der Waals surface area contributed by atoms with E-state index in [4.69, 9.17) is 24.4 Å². The fourth-order valence-corrected chi connectivity index (χ4v) is 7.11. The minimum absolute atomic E-state index is 0.157. The van der Waals surface area contributed by atoms with Crippen LogP contribution in [0.15, 0.2) is 0 Å². The molecule has 5 aliphatic rings. The number of aliphatic hydroxyl groups excluding tert-OH is 1. The molecule has 0 aromatic heterocycles. The standard InChI is InChI=1S/C21H36O5S/c1-14-8-9-17-15(2)18(27-13-7-5-4-6-12-22)23-19-21(17)16(14)10-11-20(3,24-19)25-26-21/h14-19,22H,4-13H2,1-3H3/t14-,15-,16+,17+,18+,19-,20-,21-/m1/s1. The van der Waals surface area contributed by atoms with Crippen molar-refractivity contribution in [3.05, 3.63) is 0 Å². The second-order valence-corrected chi connectivity index (χ2v) is 10.5. The van der Waals surface area contributed by atoms with Crippen LogP contribution in [-0.2, 0) is 19.2 Å². The molecule has 156 valence electrons. The van der Waals surface area contributed by atoms with Gasteiger partial charge in [0.2, 0.25) is 5.79 Å². The molecule has 27 heavy (non-hydrogen) atoms. The Bertz CT molecular complexity index is 519. The van der Waals surface area contributed by atoms with E-state index < -0.39 is 11.4 Å². The highest BCUT2D eigenvalue weighted by Crippen LogP contribution is 2.61. The molecule has 4 aliphatic heterocycles. The second-order valence-electron chi connectivity index (χ2n) is 9.28. The first-order valence-corrected chi connectivity index (χ1v) is 12.0. The topological polar surface area (TPSA) is 57.2 Å². The molecule has 0 unspecified atom stereocenters. The number of thioether (sulfide) groups is 1. The summed E-state index contributed by atoms with van der Waals surface area (Å²) in [5.41, 5.74) is -0.283. The predicted octanol–water partition coefficient (Wildman–Crippen LogP) is 4.48. The molecule has 0 aromatic rings. The highest BCUT2D eigenvalue weighted by molar-refractivity contribution is 7.99. The van der Waals surface area contributed by atoms with Crippen molar-refractivity contribution in [2.24, 2.45) is 23.7 Å². The van der Waals surface area contributed by atoms with Crippen molar-refractivity contribution in [3.63, 3.8) is 0 Å². The maximum Gasteiger partial charge on any atom is 0.201 e. The van der Waals surface area contributed by atoms with E-state index in [1.807, 2.05) is 18.7 Å². The molecule has 4 saturated heterocycles. The van der Waals surface area contributed by atoms with Crippen molar-refractivity contribution in [2.45, 2.75) is 95.3 Å². The van der Waals surface area contributed by atoms with Crippen LogP contribution >= 0.6 is 11.8 Å². The highest BCUT2D eigenvalue weighted by atomic mass is 32.2. The Morgan fingerprint density at radius 1 is 1.00 bits per heavy atom. The van der Waals surface area contributed by atoms with E-state index >= 15 is 0 Å². The van der Waals surface area contributed by atoms with E-state index in [0.717, 1.165) is 37.9 Å². The minimum atomic E-state index is -0.683. The molecular weight excluding hydrogens is 364 g/mol. The maximum atomic E-state index is 8.91. The van der Waals surface area contributed by atoms with E-state index in [2.05, 4.69) is 13.8 Å². The highest BCUT2D eigenvalue weighted by Gasteiger charge is 2.69. The summed E-state index contributed by atoms with van der Waals surface area (Å²) in [5, 5.41) is 8.91. The van der Waals surface area contributed by atoms with E-state index in [0.29, 0.717) is 30.3 Å². The van der Waals surface area contributed by atoms with Crippen LogP contribution in [-0.4, -0.2) is 40.6 Å². The van der Waals surface area contributed by atoms with Gasteiger partial charge in [-0.1, -0.05) is 26.7 Å². The van der Waals surface area contributed by atoms with Gasteiger partial charge in [0.05, 0.1) is 0 Å². The molecule has 8 atom stereocenters. The summed E-state index contributed by atoms with van der Waals surface area (Å²) in [6, 6.07) is 0. The Morgan fingerprint density at radius 2 is 1.81 bits per heavy atom. The SMILES string of the molecule is C[C@H]1[C@H](SCCCCCCO)O[C@@H]2O[C@@]3(C)CC[C@H]4[C@H](C)CC[C@@H]1[C@@]24OO3. The normalized spacial score (nSPS) is 48.9. The number of unbranched alkanes of at least 4 members (excludes halogenated alkanes) is 3. The number of ether oxygens (including phenoxy) is 2. The monoisotopic (exact) mass is 400 g/mol. The summed E-state index contributed by atoms with van der Waals surface area (Å²) >= 11 is 1.93. The smallest absolute Gasteiger partial charge is 0.201 e. The van der Waals surface area contributed by atoms with Gasteiger partial charge in [-0.25, -0.2) is 9.78 Å². The average molecular weight is 401 g/mol. The lowest BCUT2D eigenvalue weighted by Crippen LogP contribution is -2.70. The molecule has 5 nitrogen and oxygen atoms in total. The van der Waals surface area contributed by atoms with Gasteiger partial charge in [0.25, 0.3) is 0 Å². The Balaban J connectivity index is 1.47. The maximum absolute atomic E-state index is 8.91. The van der Waals surface area contributed by atoms with E-state index in [1.54, 1.807) is 0 Å². The van der Waals surface area contributed by atoms with Crippen LogP contribution in [0.3, 0.4) is 0 Å². The third-order valence-electron chi connectivity index (χ3n) is 7.43. The minimum Gasteiger partial charge on any atom is -0.396 e. The molecule has 4 heterocycles. The van der Waals surface area contributed by atoms with Gasteiger partial charge in [0, 0.05) is 18.9 Å². The van der Waals surface area contributed by atoms with E-state index in [-0.39, 0.29) is 11.7 Å². The summed E-state index contributed by atoms with van der Waals surface area (Å²) in [6.45, 7) is 6.98. The van der Waals surface area contributed by atoms with Gasteiger partial charge < -0.3 is 14.6 Å². The summed E-state index contributed by atoms with van der Waals surface area (Å²) in [6.07, 6.45) is 8.43. The van der Waals surface area contributed by atoms with Crippen LogP contribution in [0.25, 0.3) is 0 Å². The fraction of sp³-hybridized carbons (Fsp3) is 1.00. The molecule has 1 aliphatic carbocycles. The number of rotatable bonds is 7. The quantitative estimate of drug-likeness (QED) is 0.502. The Morgan fingerprint density at radius 3 is 2.63 bits per heavy atom. The largest absolute Gasteiger partial charge is 0.396 e. The van der Waals surface area contributed by atoms with Crippen LogP contribution in [0.4, 0.5) is 0 Å². The molecule has 6 heteroatoms. The summed E-state index contributed by atoms with van der Waals surface area (Å²) in [5.74, 6) is 2.32.